The first kappa shape index (κ1) is 15.5. The predicted molar refractivity (Wildman–Crippen MR) is 83.5 cm³/mol. The van der Waals surface area contributed by atoms with Gasteiger partial charge in [-0.1, -0.05) is 27.7 Å². The second-order valence-corrected chi connectivity index (χ2v) is 6.95. The summed E-state index contributed by atoms with van der Waals surface area (Å²) in [7, 11) is 1.99. The van der Waals surface area contributed by atoms with Gasteiger partial charge in [0, 0.05) is 45.0 Å². The van der Waals surface area contributed by atoms with Crippen molar-refractivity contribution in [1.29, 1.82) is 0 Å². The van der Waals surface area contributed by atoms with Crippen molar-refractivity contribution >= 4 is 0 Å². The van der Waals surface area contributed by atoms with Crippen molar-refractivity contribution < 1.29 is 0 Å². The van der Waals surface area contributed by atoms with E-state index >= 15 is 0 Å². The minimum Gasteiger partial charge on any atom is -0.311 e. The Morgan fingerprint density at radius 3 is 2.65 bits per heavy atom. The van der Waals surface area contributed by atoms with Crippen LogP contribution in [-0.4, -0.2) is 39.9 Å². The van der Waals surface area contributed by atoms with Crippen LogP contribution in [0.5, 0.6) is 0 Å². The Hall–Kier alpha value is -0.870. The molecule has 0 amide bonds. The van der Waals surface area contributed by atoms with Gasteiger partial charge in [0.1, 0.15) is 0 Å². The lowest BCUT2D eigenvalue weighted by Gasteiger charge is -2.42. The van der Waals surface area contributed by atoms with E-state index in [0.717, 1.165) is 25.6 Å². The molecule has 1 aromatic rings. The summed E-state index contributed by atoms with van der Waals surface area (Å²) in [4.78, 5) is 2.63. The third-order valence-electron chi connectivity index (χ3n) is 4.25. The molecular weight excluding hydrogens is 248 g/mol. The van der Waals surface area contributed by atoms with Crippen molar-refractivity contribution in [2.45, 2.75) is 52.7 Å². The average Bonchev–Trinajstić information content (AvgIpc) is 2.76. The normalized spacial score (nSPS) is 24.8. The molecule has 1 aliphatic rings. The zero-order valence-electron chi connectivity index (χ0n) is 13.6. The Bertz CT molecular complexity index is 410. The number of nitrogens with one attached hydrogen (secondary N) is 1. The summed E-state index contributed by atoms with van der Waals surface area (Å²) in [5.41, 5.74) is 1.19. The monoisotopic (exact) mass is 278 g/mol. The first-order valence-corrected chi connectivity index (χ1v) is 7.91. The van der Waals surface area contributed by atoms with E-state index in [4.69, 9.17) is 0 Å². The zero-order valence-corrected chi connectivity index (χ0v) is 13.6. The van der Waals surface area contributed by atoms with Crippen molar-refractivity contribution in [2.24, 2.45) is 18.9 Å². The van der Waals surface area contributed by atoms with E-state index in [-0.39, 0.29) is 0 Å². The molecule has 1 aromatic heterocycles. The van der Waals surface area contributed by atoms with Gasteiger partial charge in [-0.05, 0) is 24.3 Å². The zero-order chi connectivity index (χ0) is 14.7. The molecule has 20 heavy (non-hydrogen) atoms. The summed E-state index contributed by atoms with van der Waals surface area (Å²) in [6.07, 6.45) is 3.29. The molecule has 2 heterocycles. The van der Waals surface area contributed by atoms with Gasteiger partial charge in [-0.3, -0.25) is 9.58 Å². The highest BCUT2D eigenvalue weighted by Gasteiger charge is 2.29. The van der Waals surface area contributed by atoms with Crippen molar-refractivity contribution in [1.82, 2.24) is 20.0 Å². The van der Waals surface area contributed by atoms with Crippen molar-refractivity contribution in [3.05, 3.63) is 18.0 Å². The SMILES string of the molecule is CC(C)CC1CNC(C(C)C)CN1Cc1ccn(C)n1. The minimum atomic E-state index is 0.599. The van der Waals surface area contributed by atoms with Crippen LogP contribution < -0.4 is 5.32 Å². The van der Waals surface area contributed by atoms with Crippen LogP contribution in [0.2, 0.25) is 0 Å². The smallest absolute Gasteiger partial charge is 0.0764 e. The third kappa shape index (κ3) is 4.06. The van der Waals surface area contributed by atoms with Crippen LogP contribution >= 0.6 is 0 Å². The van der Waals surface area contributed by atoms with Gasteiger partial charge in [0.15, 0.2) is 0 Å². The highest BCUT2D eigenvalue weighted by molar-refractivity contribution is 5.00. The fourth-order valence-electron chi connectivity index (χ4n) is 3.06. The number of hydrogen-bond donors (Lipinski definition) is 1. The van der Waals surface area contributed by atoms with E-state index in [1.165, 1.54) is 12.1 Å². The van der Waals surface area contributed by atoms with E-state index in [1.54, 1.807) is 0 Å². The maximum atomic E-state index is 4.54. The number of hydrogen-bond acceptors (Lipinski definition) is 3. The molecule has 0 radical (unpaired) electrons. The molecule has 0 bridgehead atoms. The Balaban J connectivity index is 2.04. The van der Waals surface area contributed by atoms with Gasteiger partial charge in [-0.15, -0.1) is 0 Å². The Morgan fingerprint density at radius 2 is 2.10 bits per heavy atom. The highest BCUT2D eigenvalue weighted by atomic mass is 15.3. The van der Waals surface area contributed by atoms with Gasteiger partial charge in [0.2, 0.25) is 0 Å². The summed E-state index contributed by atoms with van der Waals surface area (Å²) >= 11 is 0. The summed E-state index contributed by atoms with van der Waals surface area (Å²) < 4.78 is 1.90. The lowest BCUT2D eigenvalue weighted by atomic mass is 9.95. The fourth-order valence-corrected chi connectivity index (χ4v) is 3.06. The van der Waals surface area contributed by atoms with E-state index < -0.39 is 0 Å². The van der Waals surface area contributed by atoms with Crippen LogP contribution in [0.3, 0.4) is 0 Å². The van der Waals surface area contributed by atoms with Gasteiger partial charge >= 0.3 is 0 Å². The maximum Gasteiger partial charge on any atom is 0.0764 e. The first-order chi connectivity index (χ1) is 9.45. The van der Waals surface area contributed by atoms with E-state index in [1.807, 2.05) is 17.9 Å². The molecule has 1 N–H and O–H groups in total. The van der Waals surface area contributed by atoms with Crippen molar-refractivity contribution in [3.63, 3.8) is 0 Å². The van der Waals surface area contributed by atoms with Gasteiger partial charge in [0.05, 0.1) is 5.69 Å². The standard InChI is InChI=1S/C16H30N4/c1-12(2)8-15-9-17-16(13(3)4)11-20(15)10-14-6-7-19(5)18-14/h6-7,12-13,15-17H,8-11H2,1-5H3. The van der Waals surface area contributed by atoms with E-state index in [0.29, 0.717) is 18.0 Å². The van der Waals surface area contributed by atoms with Crippen LogP contribution in [0.25, 0.3) is 0 Å². The largest absolute Gasteiger partial charge is 0.311 e. The molecule has 2 rings (SSSR count). The van der Waals surface area contributed by atoms with Crippen LogP contribution in [-0.2, 0) is 13.6 Å². The summed E-state index contributed by atoms with van der Waals surface area (Å²) in [6, 6.07) is 3.37. The van der Waals surface area contributed by atoms with Gasteiger partial charge < -0.3 is 5.32 Å². The lowest BCUT2D eigenvalue weighted by molar-refractivity contribution is 0.0910. The quantitative estimate of drug-likeness (QED) is 0.897. The molecule has 114 valence electrons. The molecule has 0 aromatic carbocycles. The molecule has 0 saturated carbocycles. The molecule has 4 nitrogen and oxygen atoms in total. The van der Waals surface area contributed by atoms with Crippen molar-refractivity contribution in [2.75, 3.05) is 13.1 Å². The summed E-state index contributed by atoms with van der Waals surface area (Å²) in [5.74, 6) is 1.42. The molecule has 1 saturated heterocycles. The van der Waals surface area contributed by atoms with Crippen LogP contribution in [0.15, 0.2) is 12.3 Å². The average molecular weight is 278 g/mol. The molecule has 1 fully saturated rings. The van der Waals surface area contributed by atoms with E-state index in [9.17, 15) is 0 Å². The number of aryl methyl sites for hydroxylation is 1. The second kappa shape index (κ2) is 6.72. The molecule has 0 spiro atoms. The number of nitrogens with zero attached hydrogens (tertiary/aromatic N) is 3. The number of piperazine rings is 1. The van der Waals surface area contributed by atoms with Gasteiger partial charge in [0.25, 0.3) is 0 Å². The maximum absolute atomic E-state index is 4.54. The predicted octanol–water partition coefficient (Wildman–Crippen LogP) is 2.26. The molecule has 4 heteroatoms. The number of rotatable bonds is 5. The van der Waals surface area contributed by atoms with Gasteiger partial charge in [-0.2, -0.15) is 5.10 Å². The molecule has 2 unspecified atom stereocenters. The Kier molecular flexibility index (Phi) is 5.22. The van der Waals surface area contributed by atoms with Crippen LogP contribution in [0, 0.1) is 11.8 Å². The van der Waals surface area contributed by atoms with Gasteiger partial charge in [-0.25, -0.2) is 0 Å². The minimum absolute atomic E-state index is 0.599. The lowest BCUT2D eigenvalue weighted by Crippen LogP contribution is -2.57. The summed E-state index contributed by atoms with van der Waals surface area (Å²) in [5, 5.41) is 8.27. The number of aromatic nitrogens is 2. The third-order valence-corrected chi connectivity index (χ3v) is 4.25. The first-order valence-electron chi connectivity index (χ1n) is 7.91. The van der Waals surface area contributed by atoms with Crippen molar-refractivity contribution in [3.8, 4) is 0 Å². The topological polar surface area (TPSA) is 33.1 Å². The molecule has 2 atom stereocenters. The van der Waals surface area contributed by atoms with Crippen LogP contribution in [0.1, 0.15) is 39.8 Å². The van der Waals surface area contributed by atoms with E-state index in [2.05, 4.69) is 49.1 Å². The Morgan fingerprint density at radius 1 is 1.35 bits per heavy atom. The van der Waals surface area contributed by atoms with Crippen LogP contribution in [0.4, 0.5) is 0 Å². The molecule has 0 aliphatic carbocycles. The fraction of sp³-hybridized carbons (Fsp3) is 0.812. The molecular formula is C16H30N4. The Labute approximate surface area is 123 Å². The summed E-state index contributed by atoms with van der Waals surface area (Å²) in [6.45, 7) is 12.4. The molecule has 1 aliphatic heterocycles. The highest BCUT2D eigenvalue weighted by Crippen LogP contribution is 2.20. The second-order valence-electron chi connectivity index (χ2n) is 6.95.